The predicted molar refractivity (Wildman–Crippen MR) is 126 cm³/mol. The Hall–Kier alpha value is -1.92. The molecule has 0 amide bonds. The van der Waals surface area contributed by atoms with Gasteiger partial charge in [0.2, 0.25) is 0 Å². The number of rotatable bonds is 7. The summed E-state index contributed by atoms with van der Waals surface area (Å²) in [4.78, 5) is 21.1. The van der Waals surface area contributed by atoms with E-state index in [-0.39, 0.29) is 29.9 Å². The van der Waals surface area contributed by atoms with Crippen LogP contribution in [0, 0.1) is 11.6 Å². The highest BCUT2D eigenvalue weighted by atomic mass is 32.2. The summed E-state index contributed by atoms with van der Waals surface area (Å²) in [5.41, 5.74) is -0.806. The first-order valence-corrected chi connectivity index (χ1v) is 12.9. The molecular weight excluding hydrogens is 491 g/mol. The Balaban J connectivity index is 1.43. The normalized spacial score (nSPS) is 22.6. The summed E-state index contributed by atoms with van der Waals surface area (Å²) < 4.78 is 66.8. The zero-order valence-corrected chi connectivity index (χ0v) is 20.0. The maximum Gasteiger partial charge on any atom is 0.390 e. The molecule has 194 valence electrons. The second-order valence-electron chi connectivity index (χ2n) is 9.33. The number of hydrogen-bond donors (Lipinski definition) is 3. The number of aliphatic hydroxyl groups excluding tert-OH is 1. The number of H-pyrrole nitrogens is 1. The monoisotopic (exact) mass is 520 g/mol. The van der Waals surface area contributed by atoms with E-state index < -0.39 is 35.2 Å². The zero-order valence-electron chi connectivity index (χ0n) is 19.1. The second-order valence-corrected chi connectivity index (χ2v) is 10.6. The van der Waals surface area contributed by atoms with Crippen molar-refractivity contribution in [3.8, 4) is 0 Å². The first-order chi connectivity index (χ1) is 16.6. The molecule has 1 aliphatic heterocycles. The van der Waals surface area contributed by atoms with E-state index in [9.17, 15) is 31.9 Å². The third-order valence-corrected chi connectivity index (χ3v) is 8.07. The van der Waals surface area contributed by atoms with Gasteiger partial charge in [-0.25, -0.2) is 13.8 Å². The number of nitrogens with zero attached hydrogens (tertiary/aromatic N) is 2. The average Bonchev–Trinajstić information content (AvgIpc) is 2.81. The largest absolute Gasteiger partial charge is 0.393 e. The van der Waals surface area contributed by atoms with Gasteiger partial charge >= 0.3 is 6.18 Å². The standard InChI is InChI=1S/C23H29F5N4O2S/c24-20-17(29-13-5-8-32(9-6-13)10-7-23(26,27)28)11-16-19(21(20)25)22(34)31-18(30-16)12-35-15-3-1-14(33)2-4-15/h11,13-15,29,33H,1-10,12H2,(H,30,31,34)/t14-,15-. The number of alkyl halides is 3. The highest BCUT2D eigenvalue weighted by Gasteiger charge is 2.29. The van der Waals surface area contributed by atoms with Crippen molar-refractivity contribution in [3.63, 3.8) is 0 Å². The Morgan fingerprint density at radius 2 is 1.80 bits per heavy atom. The van der Waals surface area contributed by atoms with Gasteiger partial charge in [-0.15, -0.1) is 0 Å². The van der Waals surface area contributed by atoms with Crippen LogP contribution in [0.1, 0.15) is 50.8 Å². The molecule has 1 saturated heterocycles. The van der Waals surface area contributed by atoms with Gasteiger partial charge in [0.05, 0.1) is 29.5 Å². The molecule has 2 heterocycles. The van der Waals surface area contributed by atoms with E-state index >= 15 is 0 Å². The highest BCUT2D eigenvalue weighted by molar-refractivity contribution is 7.99. The number of aliphatic hydroxyl groups is 1. The first kappa shape index (κ1) is 26.2. The van der Waals surface area contributed by atoms with E-state index in [1.807, 2.05) is 0 Å². The van der Waals surface area contributed by atoms with Crippen LogP contribution < -0.4 is 10.9 Å². The Bertz CT molecular complexity index is 1080. The molecule has 0 radical (unpaired) electrons. The van der Waals surface area contributed by atoms with Gasteiger partial charge in [-0.1, -0.05) is 0 Å². The van der Waals surface area contributed by atoms with Crippen LogP contribution in [0.25, 0.3) is 10.9 Å². The SMILES string of the molecule is O=c1[nH]c(CS[C@H]2CC[C@H](O)CC2)nc2cc(NC3CCN(CCC(F)(F)F)CC3)c(F)c(F)c12. The number of fused-ring (bicyclic) bond motifs is 1. The van der Waals surface area contributed by atoms with Crippen molar-refractivity contribution in [1.82, 2.24) is 14.9 Å². The maximum atomic E-state index is 14.8. The van der Waals surface area contributed by atoms with Gasteiger partial charge in [-0.3, -0.25) is 4.79 Å². The molecule has 0 spiro atoms. The number of hydrogen-bond acceptors (Lipinski definition) is 6. The average molecular weight is 521 g/mol. The van der Waals surface area contributed by atoms with Crippen LogP contribution in [0.3, 0.4) is 0 Å². The van der Waals surface area contributed by atoms with E-state index in [4.69, 9.17) is 0 Å². The summed E-state index contributed by atoms with van der Waals surface area (Å²) in [5, 5.41) is 12.5. The van der Waals surface area contributed by atoms with Crippen LogP contribution in [0.15, 0.2) is 10.9 Å². The summed E-state index contributed by atoms with van der Waals surface area (Å²) in [7, 11) is 0. The number of halogens is 5. The van der Waals surface area contributed by atoms with E-state index in [0.29, 0.717) is 42.8 Å². The summed E-state index contributed by atoms with van der Waals surface area (Å²) >= 11 is 1.61. The van der Waals surface area contributed by atoms with Crippen molar-refractivity contribution in [2.24, 2.45) is 0 Å². The van der Waals surface area contributed by atoms with Crippen molar-refractivity contribution in [1.29, 1.82) is 0 Å². The van der Waals surface area contributed by atoms with Gasteiger partial charge in [-0.2, -0.15) is 24.9 Å². The molecule has 4 rings (SSSR count). The van der Waals surface area contributed by atoms with Crippen LogP contribution in [0.5, 0.6) is 0 Å². The molecule has 12 heteroatoms. The van der Waals surface area contributed by atoms with Crippen molar-refractivity contribution < 1.29 is 27.1 Å². The molecule has 1 aliphatic carbocycles. The molecule has 1 aromatic heterocycles. The number of aromatic amines is 1. The number of aromatic nitrogens is 2. The van der Waals surface area contributed by atoms with Crippen LogP contribution in [0.2, 0.25) is 0 Å². The van der Waals surface area contributed by atoms with Crippen molar-refractivity contribution in [2.45, 2.75) is 74.3 Å². The highest BCUT2D eigenvalue weighted by Crippen LogP contribution is 2.31. The molecule has 2 aliphatic rings. The fraction of sp³-hybridized carbons (Fsp3) is 0.652. The number of piperidine rings is 1. The third kappa shape index (κ3) is 6.85. The molecular formula is C23H29F5N4O2S. The van der Waals surface area contributed by atoms with Gasteiger partial charge in [-0.05, 0) is 44.6 Å². The lowest BCUT2D eigenvalue weighted by atomic mass is 9.97. The lowest BCUT2D eigenvalue weighted by molar-refractivity contribution is -0.138. The zero-order chi connectivity index (χ0) is 25.2. The van der Waals surface area contributed by atoms with E-state index in [1.54, 1.807) is 16.7 Å². The van der Waals surface area contributed by atoms with E-state index in [0.717, 1.165) is 25.7 Å². The molecule has 3 N–H and O–H groups in total. The number of likely N-dealkylation sites (tertiary alicyclic amines) is 1. The summed E-state index contributed by atoms with van der Waals surface area (Å²) in [6.07, 6.45) is -1.17. The smallest absolute Gasteiger partial charge is 0.390 e. The lowest BCUT2D eigenvalue weighted by Crippen LogP contribution is -2.40. The van der Waals surface area contributed by atoms with Gasteiger partial charge < -0.3 is 20.3 Å². The second kappa shape index (κ2) is 11.0. The fourth-order valence-electron chi connectivity index (χ4n) is 4.67. The Kier molecular flexibility index (Phi) is 8.22. The van der Waals surface area contributed by atoms with Gasteiger partial charge in [0, 0.05) is 30.9 Å². The van der Waals surface area contributed by atoms with Gasteiger partial charge in [0.15, 0.2) is 11.6 Å². The van der Waals surface area contributed by atoms with Crippen molar-refractivity contribution >= 4 is 28.4 Å². The van der Waals surface area contributed by atoms with Crippen molar-refractivity contribution in [3.05, 3.63) is 33.9 Å². The Morgan fingerprint density at radius 3 is 2.46 bits per heavy atom. The van der Waals surface area contributed by atoms with Crippen LogP contribution >= 0.6 is 11.8 Å². The van der Waals surface area contributed by atoms with Gasteiger partial charge in [0.25, 0.3) is 5.56 Å². The molecule has 1 aromatic carbocycles. The quantitative estimate of drug-likeness (QED) is 0.465. The molecule has 2 aromatic rings. The number of nitrogens with one attached hydrogen (secondary N) is 2. The summed E-state index contributed by atoms with van der Waals surface area (Å²) in [6.45, 7) is 0.760. The minimum Gasteiger partial charge on any atom is -0.393 e. The van der Waals surface area contributed by atoms with E-state index in [1.165, 1.54) is 6.07 Å². The summed E-state index contributed by atoms with van der Waals surface area (Å²) in [5.74, 6) is -1.67. The Labute approximate surface area is 203 Å². The Morgan fingerprint density at radius 1 is 1.11 bits per heavy atom. The van der Waals surface area contributed by atoms with Crippen LogP contribution in [-0.4, -0.2) is 63.2 Å². The minimum absolute atomic E-state index is 0.0485. The number of benzene rings is 1. The van der Waals surface area contributed by atoms with Gasteiger partial charge in [0.1, 0.15) is 11.2 Å². The van der Waals surface area contributed by atoms with Crippen LogP contribution in [0.4, 0.5) is 27.6 Å². The predicted octanol–water partition coefficient (Wildman–Crippen LogP) is 4.57. The maximum absolute atomic E-state index is 14.8. The van der Waals surface area contributed by atoms with E-state index in [2.05, 4.69) is 15.3 Å². The third-order valence-electron chi connectivity index (χ3n) is 6.68. The molecule has 2 fully saturated rings. The molecule has 1 saturated carbocycles. The lowest BCUT2D eigenvalue weighted by Gasteiger charge is -2.33. The summed E-state index contributed by atoms with van der Waals surface area (Å²) in [6, 6.07) is 1.09. The molecule has 6 nitrogen and oxygen atoms in total. The molecule has 35 heavy (non-hydrogen) atoms. The molecule has 0 unspecified atom stereocenters. The van der Waals surface area contributed by atoms with Crippen LogP contribution in [-0.2, 0) is 5.75 Å². The fourth-order valence-corrected chi connectivity index (χ4v) is 5.81. The van der Waals surface area contributed by atoms with Crippen molar-refractivity contribution in [2.75, 3.05) is 25.0 Å². The number of anilines is 1. The topological polar surface area (TPSA) is 81.2 Å². The minimum atomic E-state index is -4.21. The molecule has 0 bridgehead atoms. The number of thioether (sulfide) groups is 1. The first-order valence-electron chi connectivity index (χ1n) is 11.9. The molecule has 0 atom stereocenters.